The van der Waals surface area contributed by atoms with Gasteiger partial charge in [0.25, 0.3) is 0 Å². The predicted octanol–water partition coefficient (Wildman–Crippen LogP) is 1.74. The van der Waals surface area contributed by atoms with Crippen LogP contribution in [0.2, 0.25) is 0 Å². The summed E-state index contributed by atoms with van der Waals surface area (Å²) in [4.78, 5) is 22.6. The Bertz CT molecular complexity index is 528. The van der Waals surface area contributed by atoms with E-state index in [9.17, 15) is 4.79 Å². The van der Waals surface area contributed by atoms with Crippen LogP contribution < -0.4 is 5.32 Å². The van der Waals surface area contributed by atoms with E-state index in [2.05, 4.69) is 20.3 Å². The molecule has 0 aliphatic heterocycles. The summed E-state index contributed by atoms with van der Waals surface area (Å²) in [5.74, 6) is -0.579. The van der Waals surface area contributed by atoms with Gasteiger partial charge in [-0.2, -0.15) is 0 Å². The third kappa shape index (κ3) is 2.79. The van der Waals surface area contributed by atoms with E-state index in [-0.39, 0.29) is 11.7 Å². The summed E-state index contributed by atoms with van der Waals surface area (Å²) < 4.78 is 0. The standard InChI is InChI=1S/C12H12N4O2/c1-8(9-4-2-3-5-13-9)16-11-7-14-10(6-15-11)12(17)18/h2-8H,1H3,(H,15,16)(H,17,18). The van der Waals surface area contributed by atoms with Gasteiger partial charge in [0.15, 0.2) is 5.69 Å². The summed E-state index contributed by atoms with van der Waals surface area (Å²) in [5, 5.41) is 11.8. The summed E-state index contributed by atoms with van der Waals surface area (Å²) in [6.07, 6.45) is 4.32. The first-order valence-electron chi connectivity index (χ1n) is 5.39. The zero-order valence-corrected chi connectivity index (χ0v) is 9.74. The fourth-order valence-corrected chi connectivity index (χ4v) is 1.44. The molecule has 0 bridgehead atoms. The van der Waals surface area contributed by atoms with E-state index in [1.807, 2.05) is 25.1 Å². The Labute approximate surface area is 104 Å². The third-order valence-corrected chi connectivity index (χ3v) is 2.37. The number of aromatic carboxylic acids is 1. The second-order valence-electron chi connectivity index (χ2n) is 3.71. The van der Waals surface area contributed by atoms with Gasteiger partial charge in [0.1, 0.15) is 5.82 Å². The lowest BCUT2D eigenvalue weighted by Gasteiger charge is -2.13. The van der Waals surface area contributed by atoms with Crippen molar-refractivity contribution in [1.82, 2.24) is 15.0 Å². The molecule has 92 valence electrons. The normalized spacial score (nSPS) is 11.8. The highest BCUT2D eigenvalue weighted by atomic mass is 16.4. The molecule has 2 rings (SSSR count). The Morgan fingerprint density at radius 3 is 2.67 bits per heavy atom. The molecule has 6 heteroatoms. The summed E-state index contributed by atoms with van der Waals surface area (Å²) in [7, 11) is 0. The van der Waals surface area contributed by atoms with E-state index in [1.54, 1.807) is 6.20 Å². The number of anilines is 1. The monoisotopic (exact) mass is 244 g/mol. The molecule has 6 nitrogen and oxygen atoms in total. The molecule has 0 aromatic carbocycles. The summed E-state index contributed by atoms with van der Waals surface area (Å²) in [6, 6.07) is 5.62. The second kappa shape index (κ2) is 5.22. The molecular weight excluding hydrogens is 232 g/mol. The molecule has 0 spiro atoms. The molecule has 0 aliphatic rings. The Balaban J connectivity index is 2.08. The Morgan fingerprint density at radius 1 is 1.28 bits per heavy atom. The van der Waals surface area contributed by atoms with Gasteiger partial charge in [-0.25, -0.2) is 14.8 Å². The highest BCUT2D eigenvalue weighted by Crippen LogP contribution is 2.14. The number of hydrogen-bond donors (Lipinski definition) is 2. The smallest absolute Gasteiger partial charge is 0.356 e. The average Bonchev–Trinajstić information content (AvgIpc) is 2.40. The van der Waals surface area contributed by atoms with Gasteiger partial charge in [-0.15, -0.1) is 0 Å². The fraction of sp³-hybridized carbons (Fsp3) is 0.167. The number of carboxylic acid groups (broad SMARTS) is 1. The first kappa shape index (κ1) is 12.0. The van der Waals surface area contributed by atoms with Gasteiger partial charge in [0.05, 0.1) is 24.1 Å². The summed E-state index contributed by atoms with van der Waals surface area (Å²) in [5.41, 5.74) is 0.799. The minimum atomic E-state index is -1.09. The number of rotatable bonds is 4. The van der Waals surface area contributed by atoms with Crippen LogP contribution in [0.15, 0.2) is 36.8 Å². The van der Waals surface area contributed by atoms with Gasteiger partial charge < -0.3 is 10.4 Å². The number of pyridine rings is 1. The number of nitrogens with one attached hydrogen (secondary N) is 1. The van der Waals surface area contributed by atoms with Crippen LogP contribution in [0.1, 0.15) is 29.1 Å². The molecule has 0 saturated carbocycles. The molecule has 0 aliphatic carbocycles. The maximum atomic E-state index is 10.6. The molecule has 18 heavy (non-hydrogen) atoms. The van der Waals surface area contributed by atoms with Crippen LogP contribution in [0, 0.1) is 0 Å². The van der Waals surface area contributed by atoms with Crippen molar-refractivity contribution in [3.63, 3.8) is 0 Å². The van der Waals surface area contributed by atoms with Crippen LogP contribution in [0.3, 0.4) is 0 Å². The molecule has 2 aromatic rings. The number of carbonyl (C=O) groups is 1. The van der Waals surface area contributed by atoms with Crippen LogP contribution in [0.4, 0.5) is 5.82 Å². The number of nitrogens with zero attached hydrogens (tertiary/aromatic N) is 3. The lowest BCUT2D eigenvalue weighted by molar-refractivity contribution is 0.0690. The van der Waals surface area contributed by atoms with E-state index in [0.717, 1.165) is 5.69 Å². The minimum Gasteiger partial charge on any atom is -0.476 e. The second-order valence-corrected chi connectivity index (χ2v) is 3.71. The van der Waals surface area contributed by atoms with E-state index >= 15 is 0 Å². The molecule has 0 fully saturated rings. The molecule has 2 heterocycles. The third-order valence-electron chi connectivity index (χ3n) is 2.37. The maximum absolute atomic E-state index is 10.6. The van der Waals surface area contributed by atoms with Crippen molar-refractivity contribution in [2.75, 3.05) is 5.32 Å². The molecule has 0 radical (unpaired) electrons. The van der Waals surface area contributed by atoms with Crippen molar-refractivity contribution in [2.24, 2.45) is 0 Å². The van der Waals surface area contributed by atoms with E-state index in [1.165, 1.54) is 12.4 Å². The zero-order valence-electron chi connectivity index (χ0n) is 9.74. The quantitative estimate of drug-likeness (QED) is 0.851. The van der Waals surface area contributed by atoms with Crippen molar-refractivity contribution in [3.05, 3.63) is 48.2 Å². The zero-order chi connectivity index (χ0) is 13.0. The molecule has 0 amide bonds. The molecule has 0 saturated heterocycles. The average molecular weight is 244 g/mol. The highest BCUT2D eigenvalue weighted by molar-refractivity contribution is 5.84. The SMILES string of the molecule is CC(Nc1cnc(C(=O)O)cn1)c1ccccn1. The summed E-state index contributed by atoms with van der Waals surface area (Å²) >= 11 is 0. The van der Waals surface area contributed by atoms with Crippen LogP contribution in [-0.4, -0.2) is 26.0 Å². The minimum absolute atomic E-state index is 0.0313. The summed E-state index contributed by atoms with van der Waals surface area (Å²) in [6.45, 7) is 1.94. The van der Waals surface area contributed by atoms with Gasteiger partial charge in [0.2, 0.25) is 0 Å². The van der Waals surface area contributed by atoms with Gasteiger partial charge in [0, 0.05) is 6.20 Å². The number of aromatic nitrogens is 3. The molecule has 1 atom stereocenters. The van der Waals surface area contributed by atoms with Crippen molar-refractivity contribution in [1.29, 1.82) is 0 Å². The number of hydrogen-bond acceptors (Lipinski definition) is 5. The van der Waals surface area contributed by atoms with E-state index < -0.39 is 5.97 Å². The van der Waals surface area contributed by atoms with E-state index in [4.69, 9.17) is 5.11 Å². The molecular formula is C12H12N4O2. The van der Waals surface area contributed by atoms with Crippen LogP contribution in [0.5, 0.6) is 0 Å². The largest absolute Gasteiger partial charge is 0.476 e. The van der Waals surface area contributed by atoms with Gasteiger partial charge in [-0.1, -0.05) is 6.07 Å². The van der Waals surface area contributed by atoms with Crippen LogP contribution in [-0.2, 0) is 0 Å². The first-order chi connectivity index (χ1) is 8.66. The lowest BCUT2D eigenvalue weighted by Crippen LogP contribution is -2.10. The Morgan fingerprint density at radius 2 is 2.11 bits per heavy atom. The van der Waals surface area contributed by atoms with Crippen molar-refractivity contribution >= 4 is 11.8 Å². The lowest BCUT2D eigenvalue weighted by atomic mass is 10.2. The van der Waals surface area contributed by atoms with Crippen LogP contribution >= 0.6 is 0 Å². The van der Waals surface area contributed by atoms with Crippen molar-refractivity contribution < 1.29 is 9.90 Å². The first-order valence-corrected chi connectivity index (χ1v) is 5.39. The number of carboxylic acids is 1. The Kier molecular flexibility index (Phi) is 3.47. The van der Waals surface area contributed by atoms with Gasteiger partial charge >= 0.3 is 5.97 Å². The molecule has 2 N–H and O–H groups in total. The highest BCUT2D eigenvalue weighted by Gasteiger charge is 2.08. The molecule has 2 aromatic heterocycles. The van der Waals surface area contributed by atoms with Crippen molar-refractivity contribution in [3.8, 4) is 0 Å². The van der Waals surface area contributed by atoms with Crippen LogP contribution in [0.25, 0.3) is 0 Å². The van der Waals surface area contributed by atoms with E-state index in [0.29, 0.717) is 5.82 Å². The van der Waals surface area contributed by atoms with Gasteiger partial charge in [-0.3, -0.25) is 4.98 Å². The van der Waals surface area contributed by atoms with Gasteiger partial charge in [-0.05, 0) is 19.1 Å². The Hall–Kier alpha value is -2.50. The molecule has 1 unspecified atom stereocenters. The maximum Gasteiger partial charge on any atom is 0.356 e. The van der Waals surface area contributed by atoms with Crippen molar-refractivity contribution in [2.45, 2.75) is 13.0 Å². The predicted molar refractivity (Wildman–Crippen MR) is 65.3 cm³/mol. The fourth-order valence-electron chi connectivity index (χ4n) is 1.44. The topological polar surface area (TPSA) is 88.0 Å².